The van der Waals surface area contributed by atoms with Crippen LogP contribution in [0.2, 0.25) is 0 Å². The highest BCUT2D eigenvalue weighted by Gasteiger charge is 1.99. The third-order valence-corrected chi connectivity index (χ3v) is 1.77. The number of rotatable bonds is 3. The van der Waals surface area contributed by atoms with E-state index in [1.54, 1.807) is 0 Å². The highest BCUT2D eigenvalue weighted by Crippen LogP contribution is 2.08. The number of benzene rings is 1. The van der Waals surface area contributed by atoms with Gasteiger partial charge in [0.25, 0.3) is 0 Å². The lowest BCUT2D eigenvalue weighted by Gasteiger charge is -2.05. The molecule has 1 aromatic rings. The van der Waals surface area contributed by atoms with Crippen molar-refractivity contribution in [3.63, 3.8) is 0 Å². The molecule has 6 heteroatoms. The summed E-state index contributed by atoms with van der Waals surface area (Å²) in [6.45, 7) is 0. The lowest BCUT2D eigenvalue weighted by Crippen LogP contribution is -2.31. The Kier molecular flexibility index (Phi) is 3.84. The van der Waals surface area contributed by atoms with Gasteiger partial charge in [-0.1, -0.05) is 12.2 Å². The third kappa shape index (κ3) is 2.41. The first-order valence-corrected chi connectivity index (χ1v) is 4.34. The van der Waals surface area contributed by atoms with Crippen molar-refractivity contribution in [1.29, 1.82) is 0 Å². The van der Waals surface area contributed by atoms with Gasteiger partial charge in [0.1, 0.15) is 0 Å². The number of nitrogens with zero attached hydrogens (tertiary/aromatic N) is 1. The standard InChI is InChI=1S/C8H11N5S/c9-12-8(13-10)6-1-3-7(4-2-6)11-5-14/h1-5H,9-10H2,(H,11,14)(H,12,13). The van der Waals surface area contributed by atoms with Gasteiger partial charge in [-0.05, 0) is 24.3 Å². The maximum atomic E-state index is 5.21. The summed E-state index contributed by atoms with van der Waals surface area (Å²) in [5, 5.41) is 6.36. The molecule has 0 radical (unpaired) electrons. The SMILES string of the molecule is N/N=C(\NN)c1ccc(NC=S)cc1. The fourth-order valence-electron chi connectivity index (χ4n) is 0.987. The van der Waals surface area contributed by atoms with E-state index < -0.39 is 0 Å². The zero-order chi connectivity index (χ0) is 10.4. The molecule has 0 heterocycles. The van der Waals surface area contributed by atoms with Crippen LogP contribution in [0.1, 0.15) is 5.56 Å². The Balaban J connectivity index is 2.87. The summed E-state index contributed by atoms with van der Waals surface area (Å²) in [4.78, 5) is 0. The molecule has 1 rings (SSSR count). The Labute approximate surface area is 87.1 Å². The van der Waals surface area contributed by atoms with Crippen LogP contribution in [-0.4, -0.2) is 11.3 Å². The molecule has 0 bridgehead atoms. The van der Waals surface area contributed by atoms with Crippen LogP contribution < -0.4 is 22.4 Å². The van der Waals surface area contributed by atoms with E-state index in [1.165, 1.54) is 5.49 Å². The first-order chi connectivity index (χ1) is 6.81. The molecule has 0 unspecified atom stereocenters. The average Bonchev–Trinajstić information content (AvgIpc) is 2.23. The monoisotopic (exact) mass is 209 g/mol. The minimum Gasteiger partial charge on any atom is -0.353 e. The molecule has 6 N–H and O–H groups in total. The molecule has 0 atom stereocenters. The number of hydrazine groups is 1. The molecular weight excluding hydrogens is 198 g/mol. The van der Waals surface area contributed by atoms with Gasteiger partial charge in [0, 0.05) is 11.3 Å². The van der Waals surface area contributed by atoms with Gasteiger partial charge < -0.3 is 16.6 Å². The lowest BCUT2D eigenvalue weighted by molar-refractivity contribution is 1.00. The van der Waals surface area contributed by atoms with Gasteiger partial charge in [-0.15, -0.1) is 0 Å². The first-order valence-electron chi connectivity index (χ1n) is 3.87. The van der Waals surface area contributed by atoms with Gasteiger partial charge in [0.05, 0.1) is 5.49 Å². The van der Waals surface area contributed by atoms with Crippen molar-refractivity contribution in [2.75, 3.05) is 5.32 Å². The Hall–Kier alpha value is -1.66. The summed E-state index contributed by atoms with van der Waals surface area (Å²) in [5.74, 6) is 10.8. The van der Waals surface area contributed by atoms with Crippen LogP contribution in [0.25, 0.3) is 0 Å². The number of nitrogens with one attached hydrogen (secondary N) is 2. The second-order valence-corrected chi connectivity index (χ2v) is 2.70. The Bertz CT molecular complexity index is 332. The number of hydrogen-bond donors (Lipinski definition) is 4. The maximum Gasteiger partial charge on any atom is 0.166 e. The van der Waals surface area contributed by atoms with E-state index in [0.717, 1.165) is 11.3 Å². The molecule has 0 aliphatic heterocycles. The number of anilines is 1. The smallest absolute Gasteiger partial charge is 0.166 e. The van der Waals surface area contributed by atoms with Gasteiger partial charge in [-0.2, -0.15) is 5.10 Å². The summed E-state index contributed by atoms with van der Waals surface area (Å²) in [7, 11) is 0. The predicted molar refractivity (Wildman–Crippen MR) is 61.8 cm³/mol. The molecule has 0 saturated heterocycles. The number of thiocarbonyl (C=S) groups is 1. The van der Waals surface area contributed by atoms with Crippen LogP contribution in [0.4, 0.5) is 5.69 Å². The number of amidine groups is 1. The highest BCUT2D eigenvalue weighted by molar-refractivity contribution is 7.79. The zero-order valence-electron chi connectivity index (χ0n) is 7.40. The van der Waals surface area contributed by atoms with Crippen molar-refractivity contribution >= 4 is 29.2 Å². The predicted octanol–water partition coefficient (Wildman–Crippen LogP) is 0.139. The van der Waals surface area contributed by atoms with E-state index in [4.69, 9.17) is 11.7 Å². The molecule has 0 aliphatic carbocycles. The van der Waals surface area contributed by atoms with Crippen LogP contribution in [0.15, 0.2) is 29.4 Å². The van der Waals surface area contributed by atoms with Crippen molar-refractivity contribution in [3.05, 3.63) is 29.8 Å². The van der Waals surface area contributed by atoms with Crippen molar-refractivity contribution in [2.45, 2.75) is 0 Å². The molecule has 14 heavy (non-hydrogen) atoms. The van der Waals surface area contributed by atoms with Gasteiger partial charge in [-0.25, -0.2) is 5.84 Å². The molecular formula is C8H11N5S. The molecule has 0 aliphatic rings. The molecule has 0 saturated carbocycles. The van der Waals surface area contributed by atoms with E-state index in [-0.39, 0.29) is 0 Å². The number of hydrogen-bond acceptors (Lipinski definition) is 4. The fraction of sp³-hybridized carbons (Fsp3) is 0. The third-order valence-electron chi connectivity index (χ3n) is 1.65. The van der Waals surface area contributed by atoms with Gasteiger partial charge in [0.15, 0.2) is 5.84 Å². The summed E-state index contributed by atoms with van der Waals surface area (Å²) in [5.41, 5.74) is 5.54. The molecule has 74 valence electrons. The number of hydrazone groups is 1. The van der Waals surface area contributed by atoms with Crippen LogP contribution in [0.3, 0.4) is 0 Å². The average molecular weight is 209 g/mol. The summed E-state index contributed by atoms with van der Waals surface area (Å²) in [6.07, 6.45) is 0. The normalized spacial score (nSPS) is 10.8. The maximum absolute atomic E-state index is 5.21. The second-order valence-electron chi connectivity index (χ2n) is 2.46. The van der Waals surface area contributed by atoms with E-state index in [0.29, 0.717) is 5.84 Å². The van der Waals surface area contributed by atoms with Gasteiger partial charge in [-0.3, -0.25) is 0 Å². The van der Waals surface area contributed by atoms with Crippen molar-refractivity contribution in [1.82, 2.24) is 5.43 Å². The van der Waals surface area contributed by atoms with Gasteiger partial charge in [0.2, 0.25) is 0 Å². The van der Waals surface area contributed by atoms with Gasteiger partial charge >= 0.3 is 0 Å². The molecule has 1 aromatic carbocycles. The van der Waals surface area contributed by atoms with E-state index in [2.05, 4.69) is 28.1 Å². The quantitative estimate of drug-likeness (QED) is 0.187. The highest BCUT2D eigenvalue weighted by atomic mass is 32.1. The topological polar surface area (TPSA) is 88.5 Å². The lowest BCUT2D eigenvalue weighted by atomic mass is 10.2. The van der Waals surface area contributed by atoms with Crippen molar-refractivity contribution in [2.24, 2.45) is 16.8 Å². The zero-order valence-corrected chi connectivity index (χ0v) is 8.21. The molecule has 5 nitrogen and oxygen atoms in total. The van der Waals surface area contributed by atoms with E-state index in [1.807, 2.05) is 24.3 Å². The van der Waals surface area contributed by atoms with Crippen molar-refractivity contribution < 1.29 is 0 Å². The second kappa shape index (κ2) is 5.15. The van der Waals surface area contributed by atoms with Crippen LogP contribution in [0.5, 0.6) is 0 Å². The summed E-state index contributed by atoms with van der Waals surface area (Å²) >= 11 is 4.65. The van der Waals surface area contributed by atoms with E-state index >= 15 is 0 Å². The van der Waals surface area contributed by atoms with Crippen LogP contribution in [-0.2, 0) is 0 Å². The Morgan fingerprint density at radius 3 is 2.43 bits per heavy atom. The minimum absolute atomic E-state index is 0.430. The molecule has 0 aromatic heterocycles. The largest absolute Gasteiger partial charge is 0.353 e. The minimum atomic E-state index is 0.430. The van der Waals surface area contributed by atoms with Crippen LogP contribution in [0, 0.1) is 0 Å². The Morgan fingerprint density at radius 1 is 1.36 bits per heavy atom. The first kappa shape index (κ1) is 10.4. The summed E-state index contributed by atoms with van der Waals surface area (Å²) < 4.78 is 0. The van der Waals surface area contributed by atoms with E-state index in [9.17, 15) is 0 Å². The Morgan fingerprint density at radius 2 is 2.00 bits per heavy atom. The summed E-state index contributed by atoms with van der Waals surface area (Å²) in [6, 6.07) is 7.35. The fourth-order valence-corrected chi connectivity index (χ4v) is 1.12. The number of nitrogens with two attached hydrogens (primary N) is 2. The molecule has 0 amide bonds. The van der Waals surface area contributed by atoms with Crippen LogP contribution >= 0.6 is 12.2 Å². The van der Waals surface area contributed by atoms with Crippen molar-refractivity contribution in [3.8, 4) is 0 Å². The molecule has 0 spiro atoms. The molecule has 0 fully saturated rings.